The van der Waals surface area contributed by atoms with Gasteiger partial charge in [-0.3, -0.25) is 14.4 Å². The van der Waals surface area contributed by atoms with E-state index in [4.69, 9.17) is 4.74 Å². The molecule has 2 amide bonds. The average molecular weight is 408 g/mol. The Balaban J connectivity index is 1.47. The second-order valence-corrected chi connectivity index (χ2v) is 6.88. The summed E-state index contributed by atoms with van der Waals surface area (Å²) in [4.78, 5) is 45.4. The zero-order chi connectivity index (χ0) is 21.3. The first-order valence-electron chi connectivity index (χ1n) is 9.42. The standard InChI is InChI=1S/C21H20N4O5/c1-30-16-7-8-25(29)19-17(16)15(13-22-19)18(26)21(28)24-11-9-23(10-12-24)20(27)14-5-3-2-4-6-14/h2-8,13,29H,9-12H2,1H3. The van der Waals surface area contributed by atoms with Gasteiger partial charge in [0, 0.05) is 50.2 Å². The Bertz CT molecular complexity index is 1070. The summed E-state index contributed by atoms with van der Waals surface area (Å²) in [5, 5.41) is 9.90. The molecule has 1 fully saturated rings. The molecule has 0 radical (unpaired) electrons. The van der Waals surface area contributed by atoms with E-state index in [2.05, 4.69) is 4.98 Å². The Kier molecular flexibility index (Phi) is 5.09. The lowest BCUT2D eigenvalue weighted by Gasteiger charge is -2.34. The summed E-state index contributed by atoms with van der Waals surface area (Å²) in [5.41, 5.74) is 0.934. The normalized spacial score (nSPS) is 14.0. The number of nitrogens with zero attached hydrogens (tertiary/aromatic N) is 4. The number of amides is 2. The molecule has 30 heavy (non-hydrogen) atoms. The number of ketones is 1. The van der Waals surface area contributed by atoms with Crippen LogP contribution in [0.1, 0.15) is 20.7 Å². The molecule has 1 aromatic rings. The third-order valence-electron chi connectivity index (χ3n) is 5.17. The molecular weight excluding hydrogens is 388 g/mol. The van der Waals surface area contributed by atoms with Crippen molar-refractivity contribution in [2.24, 2.45) is 0 Å². The number of methoxy groups -OCH3 is 1. The number of carbonyl (C=O) groups is 3. The lowest BCUT2D eigenvalue weighted by molar-refractivity contribution is -0.127. The zero-order valence-corrected chi connectivity index (χ0v) is 16.3. The molecule has 0 atom stereocenters. The third-order valence-corrected chi connectivity index (χ3v) is 5.17. The van der Waals surface area contributed by atoms with E-state index in [1.165, 1.54) is 30.5 Å². The van der Waals surface area contributed by atoms with Crippen LogP contribution in [0, 0.1) is 0 Å². The van der Waals surface area contributed by atoms with E-state index in [9.17, 15) is 19.6 Å². The van der Waals surface area contributed by atoms with Gasteiger partial charge in [-0.15, -0.1) is 0 Å². The number of fused-ring (bicyclic) bond motifs is 1. The molecule has 1 saturated heterocycles. The number of rotatable bonds is 4. The lowest BCUT2D eigenvalue weighted by Crippen LogP contribution is -2.52. The Morgan fingerprint density at radius 1 is 1.00 bits per heavy atom. The monoisotopic (exact) mass is 408 g/mol. The largest absolute Gasteiger partial charge is 0.496 e. The van der Waals surface area contributed by atoms with Gasteiger partial charge >= 0.3 is 0 Å². The predicted molar refractivity (Wildman–Crippen MR) is 106 cm³/mol. The van der Waals surface area contributed by atoms with E-state index in [0.29, 0.717) is 24.4 Å². The molecular formula is C21H20N4O5. The maximum absolute atomic E-state index is 12.9. The van der Waals surface area contributed by atoms with Gasteiger partial charge in [0.25, 0.3) is 17.6 Å². The van der Waals surface area contributed by atoms with E-state index in [1.54, 1.807) is 29.2 Å². The lowest BCUT2D eigenvalue weighted by atomic mass is 10.1. The van der Waals surface area contributed by atoms with Gasteiger partial charge in [-0.05, 0) is 12.1 Å². The number of Topliss-reactive ketones (excluding diaryl/α,β-unsaturated/α-hetero) is 1. The molecule has 0 bridgehead atoms. The Hall–Kier alpha value is -3.88. The fraction of sp³-hybridized carbons (Fsp3) is 0.238. The highest BCUT2D eigenvalue weighted by Gasteiger charge is 2.33. The molecule has 3 aliphatic rings. The summed E-state index contributed by atoms with van der Waals surface area (Å²) in [7, 11) is 1.43. The van der Waals surface area contributed by atoms with Gasteiger partial charge in [0.2, 0.25) is 0 Å². The van der Waals surface area contributed by atoms with Crippen molar-refractivity contribution in [3.05, 3.63) is 59.9 Å². The third kappa shape index (κ3) is 3.34. The van der Waals surface area contributed by atoms with Gasteiger partial charge in [0.15, 0.2) is 5.82 Å². The smallest absolute Gasteiger partial charge is 0.295 e. The molecule has 0 aromatic heterocycles. The molecule has 0 unspecified atom stereocenters. The van der Waals surface area contributed by atoms with Crippen molar-refractivity contribution in [1.29, 1.82) is 0 Å². The first-order chi connectivity index (χ1) is 14.5. The van der Waals surface area contributed by atoms with Gasteiger partial charge < -0.3 is 19.7 Å². The molecule has 0 aliphatic carbocycles. The van der Waals surface area contributed by atoms with Gasteiger partial charge in [-0.1, -0.05) is 18.2 Å². The quantitative estimate of drug-likeness (QED) is 0.398. The fourth-order valence-electron chi connectivity index (χ4n) is 3.56. The van der Waals surface area contributed by atoms with Crippen LogP contribution in [0.4, 0.5) is 0 Å². The molecule has 1 aromatic carbocycles. The van der Waals surface area contributed by atoms with E-state index >= 15 is 0 Å². The van der Waals surface area contributed by atoms with Crippen molar-refractivity contribution in [1.82, 2.24) is 19.5 Å². The first-order valence-corrected chi connectivity index (χ1v) is 9.42. The van der Waals surface area contributed by atoms with Crippen molar-refractivity contribution in [2.45, 2.75) is 0 Å². The summed E-state index contributed by atoms with van der Waals surface area (Å²) >= 11 is 0. The van der Waals surface area contributed by atoms with Crippen molar-refractivity contribution >= 4 is 17.6 Å². The molecule has 4 rings (SSSR count). The number of pyridine rings is 1. The highest BCUT2D eigenvalue weighted by Crippen LogP contribution is 2.34. The van der Waals surface area contributed by atoms with Crippen LogP contribution in [-0.4, -0.2) is 75.6 Å². The molecule has 1 N–H and O–H groups in total. The van der Waals surface area contributed by atoms with Crippen LogP contribution in [-0.2, 0) is 4.79 Å². The Labute approximate surface area is 172 Å². The van der Waals surface area contributed by atoms with Gasteiger partial charge in [0.1, 0.15) is 5.75 Å². The fourth-order valence-corrected chi connectivity index (χ4v) is 3.56. The van der Waals surface area contributed by atoms with Gasteiger partial charge in [-0.2, -0.15) is 4.73 Å². The topological polar surface area (TPSA) is 105 Å². The average Bonchev–Trinajstić information content (AvgIpc) is 3.25. The number of benzene rings is 1. The van der Waals surface area contributed by atoms with Gasteiger partial charge in [0.05, 0.1) is 18.2 Å². The number of piperazine rings is 1. The maximum atomic E-state index is 12.9. The van der Waals surface area contributed by atoms with Crippen LogP contribution in [0.3, 0.4) is 0 Å². The SMILES string of the molecule is COc1ccn(O)c2ncc(C(=O)C(=O)N3CCN(C(=O)c4ccccc4)CC3)c1-2. The van der Waals surface area contributed by atoms with Crippen LogP contribution in [0.2, 0.25) is 0 Å². The summed E-state index contributed by atoms with van der Waals surface area (Å²) in [6, 6.07) is 10.4. The molecule has 154 valence electrons. The summed E-state index contributed by atoms with van der Waals surface area (Å²) in [6.45, 7) is 1.19. The Morgan fingerprint density at radius 2 is 1.67 bits per heavy atom. The van der Waals surface area contributed by atoms with Crippen molar-refractivity contribution in [2.75, 3.05) is 33.3 Å². The van der Waals surface area contributed by atoms with Crippen LogP contribution in [0.5, 0.6) is 5.75 Å². The molecule has 9 nitrogen and oxygen atoms in total. The second-order valence-electron chi connectivity index (χ2n) is 6.88. The maximum Gasteiger partial charge on any atom is 0.295 e. The molecule has 9 heteroatoms. The van der Waals surface area contributed by atoms with Crippen molar-refractivity contribution < 1.29 is 24.3 Å². The van der Waals surface area contributed by atoms with Crippen LogP contribution in [0.15, 0.2) is 48.8 Å². The van der Waals surface area contributed by atoms with Crippen LogP contribution < -0.4 is 4.74 Å². The Morgan fingerprint density at radius 3 is 2.33 bits per heavy atom. The summed E-state index contributed by atoms with van der Waals surface area (Å²) in [5.74, 6) is -1.04. The van der Waals surface area contributed by atoms with E-state index in [0.717, 1.165) is 4.73 Å². The number of hydrogen-bond donors (Lipinski definition) is 1. The molecule has 3 aliphatic heterocycles. The van der Waals surface area contributed by atoms with Crippen LogP contribution >= 0.6 is 0 Å². The molecule has 0 saturated carbocycles. The molecule has 3 heterocycles. The first kappa shape index (κ1) is 19.4. The number of aromatic nitrogens is 2. The minimum absolute atomic E-state index is 0.0676. The predicted octanol–water partition coefficient (Wildman–Crippen LogP) is 1.40. The minimum atomic E-state index is -0.732. The number of ether oxygens (including phenoxy) is 1. The zero-order valence-electron chi connectivity index (χ0n) is 16.3. The minimum Gasteiger partial charge on any atom is -0.496 e. The molecule has 0 spiro atoms. The second kappa shape index (κ2) is 7.86. The van der Waals surface area contributed by atoms with E-state index < -0.39 is 11.7 Å². The van der Waals surface area contributed by atoms with Crippen molar-refractivity contribution in [3.63, 3.8) is 0 Å². The van der Waals surface area contributed by atoms with Crippen LogP contribution in [0.25, 0.3) is 11.4 Å². The number of hydrogen-bond acceptors (Lipinski definition) is 6. The highest BCUT2D eigenvalue weighted by atomic mass is 16.5. The number of carbonyl (C=O) groups excluding carboxylic acids is 3. The summed E-state index contributed by atoms with van der Waals surface area (Å²) in [6.07, 6.45) is 2.60. The van der Waals surface area contributed by atoms with Crippen molar-refractivity contribution in [3.8, 4) is 17.1 Å². The van der Waals surface area contributed by atoms with Gasteiger partial charge in [-0.25, -0.2) is 4.98 Å². The van der Waals surface area contributed by atoms with E-state index in [1.807, 2.05) is 6.07 Å². The summed E-state index contributed by atoms with van der Waals surface area (Å²) < 4.78 is 6.02. The highest BCUT2D eigenvalue weighted by molar-refractivity contribution is 6.44. The van der Waals surface area contributed by atoms with E-state index in [-0.39, 0.29) is 35.9 Å².